The van der Waals surface area contributed by atoms with E-state index >= 15 is 0 Å². The van der Waals surface area contributed by atoms with Gasteiger partial charge >= 0.3 is 11.9 Å². The van der Waals surface area contributed by atoms with E-state index in [-0.39, 0.29) is 12.3 Å². The second-order valence-electron chi connectivity index (χ2n) is 4.34. The maximum absolute atomic E-state index is 11.1. The van der Waals surface area contributed by atoms with Crippen LogP contribution in [0.2, 0.25) is 0 Å². The van der Waals surface area contributed by atoms with Crippen LogP contribution >= 0.6 is 0 Å². The summed E-state index contributed by atoms with van der Waals surface area (Å²) < 4.78 is 10.3. The van der Waals surface area contributed by atoms with E-state index in [9.17, 15) is 14.7 Å². The highest BCUT2D eigenvalue weighted by atomic mass is 16.7. The third-order valence-corrected chi connectivity index (χ3v) is 2.84. The Labute approximate surface area is 94.7 Å². The van der Waals surface area contributed by atoms with E-state index in [1.165, 1.54) is 13.8 Å². The third-order valence-electron chi connectivity index (χ3n) is 2.84. The van der Waals surface area contributed by atoms with Crippen molar-refractivity contribution in [2.75, 3.05) is 0 Å². The Hall–Kier alpha value is -1.10. The molecule has 5 nitrogen and oxygen atoms in total. The Morgan fingerprint density at radius 1 is 1.19 bits per heavy atom. The molecule has 0 amide bonds. The Balaban J connectivity index is 2.89. The minimum atomic E-state index is -1.30. The lowest BCUT2D eigenvalue weighted by molar-refractivity contribution is -0.262. The molecular formula is C11H18O5. The molecule has 1 aliphatic carbocycles. The van der Waals surface area contributed by atoms with Gasteiger partial charge in [-0.25, -0.2) is 0 Å². The minimum absolute atomic E-state index is 0.108. The SMILES string of the molecule is CC(=O)OC1(OC(C)=O)CC(O)CCC1C. The fraction of sp³-hybridized carbons (Fsp3) is 0.818. The molecule has 5 heteroatoms. The van der Waals surface area contributed by atoms with Gasteiger partial charge in [0, 0.05) is 19.8 Å². The van der Waals surface area contributed by atoms with Crippen molar-refractivity contribution in [3.8, 4) is 0 Å². The zero-order valence-corrected chi connectivity index (χ0v) is 9.86. The Bertz CT molecular complexity index is 270. The minimum Gasteiger partial charge on any atom is -0.422 e. The summed E-state index contributed by atoms with van der Waals surface area (Å²) in [4.78, 5) is 22.1. The molecular weight excluding hydrogens is 212 g/mol. The van der Waals surface area contributed by atoms with Crippen molar-refractivity contribution in [2.24, 2.45) is 5.92 Å². The molecule has 16 heavy (non-hydrogen) atoms. The first-order chi connectivity index (χ1) is 7.35. The molecule has 1 aliphatic rings. The molecule has 0 spiro atoms. The molecule has 0 aromatic heterocycles. The van der Waals surface area contributed by atoms with Crippen LogP contribution in [0.15, 0.2) is 0 Å². The van der Waals surface area contributed by atoms with Gasteiger partial charge in [0.1, 0.15) is 0 Å². The second-order valence-corrected chi connectivity index (χ2v) is 4.34. The summed E-state index contributed by atoms with van der Waals surface area (Å²) in [5.41, 5.74) is 0. The van der Waals surface area contributed by atoms with Crippen molar-refractivity contribution in [1.82, 2.24) is 0 Å². The van der Waals surface area contributed by atoms with E-state index in [1.54, 1.807) is 0 Å². The molecule has 0 aromatic carbocycles. The quantitative estimate of drug-likeness (QED) is 0.565. The van der Waals surface area contributed by atoms with Crippen LogP contribution in [0.1, 0.15) is 40.0 Å². The van der Waals surface area contributed by atoms with E-state index in [0.29, 0.717) is 12.8 Å². The number of hydrogen-bond donors (Lipinski definition) is 1. The van der Waals surface area contributed by atoms with Gasteiger partial charge in [0.05, 0.1) is 12.5 Å². The summed E-state index contributed by atoms with van der Waals surface area (Å²) in [6.45, 7) is 4.37. The molecule has 0 saturated heterocycles. The molecule has 0 radical (unpaired) electrons. The van der Waals surface area contributed by atoms with Gasteiger partial charge in [0.25, 0.3) is 5.79 Å². The van der Waals surface area contributed by atoms with E-state index in [1.807, 2.05) is 6.92 Å². The monoisotopic (exact) mass is 230 g/mol. The lowest BCUT2D eigenvalue weighted by Gasteiger charge is -2.41. The Kier molecular flexibility index (Phi) is 3.91. The second kappa shape index (κ2) is 4.82. The Morgan fingerprint density at radius 2 is 1.69 bits per heavy atom. The van der Waals surface area contributed by atoms with Gasteiger partial charge in [-0.2, -0.15) is 0 Å². The predicted molar refractivity (Wildman–Crippen MR) is 55.3 cm³/mol. The number of ether oxygens (including phenoxy) is 2. The number of rotatable bonds is 2. The fourth-order valence-electron chi connectivity index (χ4n) is 2.09. The number of esters is 2. The van der Waals surface area contributed by atoms with Crippen LogP contribution in [-0.2, 0) is 19.1 Å². The molecule has 1 fully saturated rings. The first kappa shape index (κ1) is 13.0. The van der Waals surface area contributed by atoms with E-state index in [2.05, 4.69) is 0 Å². The molecule has 1 saturated carbocycles. The zero-order chi connectivity index (χ0) is 12.3. The maximum atomic E-state index is 11.1. The maximum Gasteiger partial charge on any atom is 0.305 e. The summed E-state index contributed by atoms with van der Waals surface area (Å²) >= 11 is 0. The van der Waals surface area contributed by atoms with Gasteiger partial charge in [-0.1, -0.05) is 6.92 Å². The van der Waals surface area contributed by atoms with Crippen LogP contribution in [0, 0.1) is 5.92 Å². The number of carbonyl (C=O) groups excluding carboxylic acids is 2. The first-order valence-corrected chi connectivity index (χ1v) is 5.43. The summed E-state index contributed by atoms with van der Waals surface area (Å²) in [5, 5.41) is 9.61. The van der Waals surface area contributed by atoms with Gasteiger partial charge in [-0.15, -0.1) is 0 Å². The average Bonchev–Trinajstić information content (AvgIpc) is 2.09. The normalized spacial score (nSPS) is 28.2. The van der Waals surface area contributed by atoms with Gasteiger partial charge in [-0.05, 0) is 12.8 Å². The van der Waals surface area contributed by atoms with Crippen molar-refractivity contribution in [3.05, 3.63) is 0 Å². The van der Waals surface area contributed by atoms with E-state index in [4.69, 9.17) is 9.47 Å². The van der Waals surface area contributed by atoms with Crippen LogP contribution in [0.3, 0.4) is 0 Å². The van der Waals surface area contributed by atoms with E-state index < -0.39 is 23.8 Å². The third kappa shape index (κ3) is 2.95. The standard InChI is InChI=1S/C11H18O5/c1-7-4-5-10(14)6-11(7,15-8(2)12)16-9(3)13/h7,10,14H,4-6H2,1-3H3. The first-order valence-electron chi connectivity index (χ1n) is 5.43. The van der Waals surface area contributed by atoms with Crippen LogP contribution < -0.4 is 0 Å². The molecule has 1 N–H and O–H groups in total. The van der Waals surface area contributed by atoms with Crippen molar-refractivity contribution in [3.63, 3.8) is 0 Å². The van der Waals surface area contributed by atoms with Crippen molar-refractivity contribution >= 4 is 11.9 Å². The van der Waals surface area contributed by atoms with Crippen molar-refractivity contribution in [1.29, 1.82) is 0 Å². The molecule has 92 valence electrons. The van der Waals surface area contributed by atoms with Gasteiger partial charge < -0.3 is 14.6 Å². The van der Waals surface area contributed by atoms with Crippen LogP contribution in [0.5, 0.6) is 0 Å². The predicted octanol–water partition coefficient (Wildman–Crippen LogP) is 0.990. The van der Waals surface area contributed by atoms with Gasteiger partial charge in [-0.3, -0.25) is 9.59 Å². The fourth-order valence-corrected chi connectivity index (χ4v) is 2.09. The summed E-state index contributed by atoms with van der Waals surface area (Å²) in [5.74, 6) is -2.43. The molecule has 0 heterocycles. The smallest absolute Gasteiger partial charge is 0.305 e. The highest BCUT2D eigenvalue weighted by Crippen LogP contribution is 2.38. The zero-order valence-electron chi connectivity index (χ0n) is 9.86. The molecule has 2 unspecified atom stereocenters. The summed E-state index contributed by atoms with van der Waals surface area (Å²) in [7, 11) is 0. The topological polar surface area (TPSA) is 72.8 Å². The Morgan fingerprint density at radius 3 is 2.12 bits per heavy atom. The van der Waals surface area contributed by atoms with Gasteiger partial charge in [0.2, 0.25) is 0 Å². The van der Waals surface area contributed by atoms with Crippen LogP contribution in [0.25, 0.3) is 0 Å². The average molecular weight is 230 g/mol. The summed E-state index contributed by atoms with van der Waals surface area (Å²) in [6.07, 6.45) is 0.829. The van der Waals surface area contributed by atoms with Gasteiger partial charge in [0.15, 0.2) is 0 Å². The lowest BCUT2D eigenvalue weighted by atomic mass is 9.82. The molecule has 0 aliphatic heterocycles. The lowest BCUT2D eigenvalue weighted by Crippen LogP contribution is -2.50. The number of hydrogen-bond acceptors (Lipinski definition) is 5. The molecule has 2 atom stereocenters. The van der Waals surface area contributed by atoms with Crippen molar-refractivity contribution < 1.29 is 24.2 Å². The van der Waals surface area contributed by atoms with Crippen molar-refractivity contribution in [2.45, 2.75) is 51.9 Å². The highest BCUT2D eigenvalue weighted by Gasteiger charge is 2.47. The molecule has 0 aromatic rings. The highest BCUT2D eigenvalue weighted by molar-refractivity contribution is 5.69. The van der Waals surface area contributed by atoms with Crippen LogP contribution in [-0.4, -0.2) is 28.9 Å². The van der Waals surface area contributed by atoms with E-state index in [0.717, 1.165) is 0 Å². The number of aliphatic hydroxyl groups excluding tert-OH is 1. The molecule has 1 rings (SSSR count). The largest absolute Gasteiger partial charge is 0.422 e. The summed E-state index contributed by atoms with van der Waals surface area (Å²) in [6, 6.07) is 0. The number of aliphatic hydroxyl groups is 1. The number of carbonyl (C=O) groups is 2. The molecule has 0 bridgehead atoms. The van der Waals surface area contributed by atoms with Crippen LogP contribution in [0.4, 0.5) is 0 Å².